The van der Waals surface area contributed by atoms with E-state index in [-0.39, 0.29) is 18.6 Å². The highest BCUT2D eigenvalue weighted by Crippen LogP contribution is 2.47. The summed E-state index contributed by atoms with van der Waals surface area (Å²) in [5.74, 6) is -1.65. The zero-order chi connectivity index (χ0) is 33.7. The van der Waals surface area contributed by atoms with Crippen LogP contribution >= 0.6 is 0 Å². The van der Waals surface area contributed by atoms with Crippen LogP contribution in [0.4, 0.5) is 10.5 Å². The summed E-state index contributed by atoms with van der Waals surface area (Å²) in [6.07, 6.45) is 0.897. The smallest absolute Gasteiger partial charge is 0.410 e. The molecule has 3 amide bonds. The Balaban J connectivity index is 1.47. The summed E-state index contributed by atoms with van der Waals surface area (Å²) in [4.78, 5) is 52.2. The fourth-order valence-corrected chi connectivity index (χ4v) is 6.77. The first-order valence-electron chi connectivity index (χ1n) is 15.0. The third-order valence-electron chi connectivity index (χ3n) is 8.44. The second-order valence-corrected chi connectivity index (χ2v) is 14.1. The van der Waals surface area contributed by atoms with Crippen molar-refractivity contribution in [2.75, 3.05) is 43.6 Å². The van der Waals surface area contributed by atoms with Crippen molar-refractivity contribution in [3.63, 3.8) is 0 Å². The number of nitrogens with zero attached hydrogens (tertiary/aromatic N) is 2. The number of alkyl carbamates (subject to hydrolysis) is 1. The van der Waals surface area contributed by atoms with E-state index in [9.17, 15) is 27.6 Å². The SMILES string of the molecule is CC(=O)OCOC(=O)NC(C)(C)C(=O)NC(COC(C)c1ccccc1)C(=O)N1CCC2(CC1)CN(S(C)(=O)=O)c1ccccc12. The third-order valence-corrected chi connectivity index (χ3v) is 9.57. The molecule has 2 N–H and O–H groups in total. The Morgan fingerprint density at radius 1 is 0.978 bits per heavy atom. The average Bonchev–Trinajstić information content (AvgIpc) is 3.33. The topological polar surface area (TPSA) is 161 Å². The van der Waals surface area contributed by atoms with Crippen molar-refractivity contribution in [3.8, 4) is 0 Å². The van der Waals surface area contributed by atoms with Crippen LogP contribution in [-0.4, -0.2) is 88.1 Å². The van der Waals surface area contributed by atoms with Crippen LogP contribution in [0.3, 0.4) is 0 Å². The van der Waals surface area contributed by atoms with E-state index < -0.39 is 51.8 Å². The Labute approximate surface area is 269 Å². The van der Waals surface area contributed by atoms with Crippen LogP contribution < -0.4 is 14.9 Å². The molecule has 2 aliphatic heterocycles. The molecule has 2 heterocycles. The van der Waals surface area contributed by atoms with Crippen LogP contribution in [-0.2, 0) is 44.0 Å². The molecule has 13 nitrogen and oxygen atoms in total. The molecule has 0 radical (unpaired) electrons. The highest BCUT2D eigenvalue weighted by atomic mass is 32.2. The Kier molecular flexibility index (Phi) is 10.6. The first kappa shape index (κ1) is 34.7. The number of sulfonamides is 1. The maximum Gasteiger partial charge on any atom is 0.410 e. The van der Waals surface area contributed by atoms with E-state index in [0.717, 1.165) is 18.1 Å². The molecule has 46 heavy (non-hydrogen) atoms. The first-order valence-corrected chi connectivity index (χ1v) is 16.9. The number of likely N-dealkylation sites (tertiary alicyclic amines) is 1. The Morgan fingerprint density at radius 2 is 1.61 bits per heavy atom. The lowest BCUT2D eigenvalue weighted by molar-refractivity contribution is -0.149. The number of esters is 1. The van der Waals surface area contributed by atoms with Gasteiger partial charge in [0.05, 0.1) is 24.7 Å². The molecule has 1 fully saturated rings. The van der Waals surface area contributed by atoms with Gasteiger partial charge < -0.3 is 29.7 Å². The zero-order valence-electron chi connectivity index (χ0n) is 26.8. The number of hydrogen-bond acceptors (Lipinski definition) is 9. The van der Waals surface area contributed by atoms with Crippen LogP contribution in [0.25, 0.3) is 0 Å². The number of ether oxygens (including phenoxy) is 3. The third kappa shape index (κ3) is 8.15. The van der Waals surface area contributed by atoms with E-state index in [1.165, 1.54) is 24.4 Å². The van der Waals surface area contributed by atoms with E-state index in [1.54, 1.807) is 11.0 Å². The fraction of sp³-hybridized carbons (Fsp3) is 0.500. The molecular formula is C32H42N4O9S. The van der Waals surface area contributed by atoms with Crippen molar-refractivity contribution >= 4 is 39.6 Å². The lowest BCUT2D eigenvalue weighted by Crippen LogP contribution is -2.61. The average molecular weight is 659 g/mol. The molecule has 1 spiro atoms. The Morgan fingerprint density at radius 3 is 2.24 bits per heavy atom. The molecule has 0 saturated carbocycles. The van der Waals surface area contributed by atoms with Crippen molar-refractivity contribution in [1.29, 1.82) is 0 Å². The molecule has 2 aromatic rings. The summed E-state index contributed by atoms with van der Waals surface area (Å²) in [5.41, 5.74) is 0.565. The van der Waals surface area contributed by atoms with E-state index in [2.05, 4.69) is 15.4 Å². The van der Waals surface area contributed by atoms with Gasteiger partial charge in [0.2, 0.25) is 28.6 Å². The predicted molar refractivity (Wildman–Crippen MR) is 169 cm³/mol. The van der Waals surface area contributed by atoms with Crippen molar-refractivity contribution in [2.24, 2.45) is 0 Å². The summed E-state index contributed by atoms with van der Waals surface area (Å²) >= 11 is 0. The van der Waals surface area contributed by atoms with Crippen LogP contribution in [0.15, 0.2) is 54.6 Å². The molecule has 0 aliphatic carbocycles. The monoisotopic (exact) mass is 658 g/mol. The molecule has 2 aromatic carbocycles. The predicted octanol–water partition coefficient (Wildman–Crippen LogP) is 2.61. The molecule has 4 rings (SSSR count). The van der Waals surface area contributed by atoms with E-state index in [4.69, 9.17) is 9.47 Å². The molecule has 0 bridgehead atoms. The van der Waals surface area contributed by atoms with Crippen molar-refractivity contribution in [2.45, 2.75) is 63.6 Å². The van der Waals surface area contributed by atoms with Gasteiger partial charge in [0.15, 0.2) is 0 Å². The number of rotatable bonds is 11. The minimum atomic E-state index is -3.49. The van der Waals surface area contributed by atoms with E-state index in [1.807, 2.05) is 55.5 Å². The minimum absolute atomic E-state index is 0.139. The van der Waals surface area contributed by atoms with Crippen LogP contribution in [0.5, 0.6) is 0 Å². The molecule has 14 heteroatoms. The molecule has 250 valence electrons. The number of nitrogens with one attached hydrogen (secondary N) is 2. The molecule has 0 aromatic heterocycles. The van der Waals surface area contributed by atoms with E-state index >= 15 is 0 Å². The van der Waals surface area contributed by atoms with E-state index in [0.29, 0.717) is 38.2 Å². The number of piperidine rings is 1. The second-order valence-electron chi connectivity index (χ2n) is 12.2. The number of anilines is 1. The molecule has 2 atom stereocenters. The second kappa shape index (κ2) is 14.1. The summed E-state index contributed by atoms with van der Waals surface area (Å²) in [6.45, 7) is 6.13. The molecule has 2 unspecified atom stereocenters. The number of hydrogen-bond donors (Lipinski definition) is 2. The van der Waals surface area contributed by atoms with Gasteiger partial charge in [0.25, 0.3) is 0 Å². The number of amides is 3. The Hall–Kier alpha value is -4.17. The first-order chi connectivity index (χ1) is 21.6. The van der Waals surface area contributed by atoms with Gasteiger partial charge in [-0.25, -0.2) is 13.2 Å². The van der Waals surface area contributed by atoms with Gasteiger partial charge in [0.1, 0.15) is 11.6 Å². The number of benzene rings is 2. The fourth-order valence-electron chi connectivity index (χ4n) is 5.77. The summed E-state index contributed by atoms with van der Waals surface area (Å²) in [6, 6.07) is 15.8. The number of para-hydroxylation sites is 1. The van der Waals surface area contributed by atoms with Gasteiger partial charge in [-0.05, 0) is 50.8 Å². The van der Waals surface area contributed by atoms with Crippen molar-refractivity contribution in [3.05, 3.63) is 65.7 Å². The lowest BCUT2D eigenvalue weighted by atomic mass is 9.74. The highest BCUT2D eigenvalue weighted by molar-refractivity contribution is 7.92. The standard InChI is InChI=1S/C32H42N4O9S/c1-22(24-11-7-6-8-12-24)43-19-26(33-29(39)31(3,4)34-30(40)45-21-44-23(2)37)28(38)35-17-15-32(16-18-35)20-36(46(5,41)42)27-14-10-9-13-25(27)32/h6-14,22,26H,15-21H2,1-5H3,(H,33,39)(H,34,40). The van der Waals surface area contributed by atoms with Crippen molar-refractivity contribution < 1.29 is 41.8 Å². The molecule has 1 saturated heterocycles. The highest BCUT2D eigenvalue weighted by Gasteiger charge is 2.48. The van der Waals surface area contributed by atoms with Gasteiger partial charge in [-0.15, -0.1) is 0 Å². The van der Waals surface area contributed by atoms with Gasteiger partial charge in [0, 0.05) is 32.0 Å². The van der Waals surface area contributed by atoms with Gasteiger partial charge in [-0.1, -0.05) is 48.5 Å². The van der Waals surface area contributed by atoms with Crippen molar-refractivity contribution in [1.82, 2.24) is 15.5 Å². The van der Waals surface area contributed by atoms with Gasteiger partial charge in [-0.3, -0.25) is 18.7 Å². The van der Waals surface area contributed by atoms with Crippen LogP contribution in [0.2, 0.25) is 0 Å². The van der Waals surface area contributed by atoms with Crippen LogP contribution in [0.1, 0.15) is 57.8 Å². The largest absolute Gasteiger partial charge is 0.428 e. The number of carbonyl (C=O) groups excluding carboxylic acids is 4. The minimum Gasteiger partial charge on any atom is -0.428 e. The number of fused-ring (bicyclic) bond motifs is 2. The Bertz CT molecular complexity index is 1540. The molecular weight excluding hydrogens is 616 g/mol. The normalized spacial score (nSPS) is 17.1. The van der Waals surface area contributed by atoms with Crippen LogP contribution in [0, 0.1) is 0 Å². The van der Waals surface area contributed by atoms with Gasteiger partial charge >= 0.3 is 12.1 Å². The molecule has 2 aliphatic rings. The summed E-state index contributed by atoms with van der Waals surface area (Å²) in [7, 11) is -3.49. The lowest BCUT2D eigenvalue weighted by Gasteiger charge is -2.41. The maximum absolute atomic E-state index is 14.0. The summed E-state index contributed by atoms with van der Waals surface area (Å²) < 4.78 is 42.1. The zero-order valence-corrected chi connectivity index (χ0v) is 27.6. The maximum atomic E-state index is 14.0. The number of carbonyl (C=O) groups is 4. The van der Waals surface area contributed by atoms with Gasteiger partial charge in [-0.2, -0.15) is 0 Å². The quantitative estimate of drug-likeness (QED) is 0.273. The summed E-state index contributed by atoms with van der Waals surface area (Å²) in [5, 5.41) is 5.17.